The maximum atomic E-state index is 2.73. The normalized spacial score (nSPS) is 22.7. The van der Waals surface area contributed by atoms with Crippen molar-refractivity contribution in [3.05, 3.63) is 54.1 Å². The fourth-order valence-electron chi connectivity index (χ4n) is 8.59. The number of hydrogen-bond donors (Lipinski definition) is 0. The Morgan fingerprint density at radius 2 is 1.02 bits per heavy atom. The molecule has 0 aliphatic heterocycles. The van der Waals surface area contributed by atoms with Crippen molar-refractivity contribution in [2.45, 2.75) is 164 Å². The van der Waals surface area contributed by atoms with Crippen molar-refractivity contribution in [3.63, 3.8) is 0 Å². The Bertz CT molecular complexity index is 817. The van der Waals surface area contributed by atoms with E-state index in [1.54, 1.807) is 51.4 Å². The van der Waals surface area contributed by atoms with Crippen LogP contribution in [0, 0.1) is 0 Å². The molecule has 2 aromatic carbocycles. The Morgan fingerprint density at radius 1 is 0.625 bits per heavy atom. The third kappa shape index (κ3) is 9.53. The first-order valence-corrected chi connectivity index (χ1v) is 19.8. The first kappa shape index (κ1) is 35.1. The van der Waals surface area contributed by atoms with E-state index in [-0.39, 0.29) is 49.4 Å². The van der Waals surface area contributed by atoms with E-state index in [0.717, 1.165) is 28.3 Å². The molecule has 4 saturated carbocycles. The maximum Gasteiger partial charge on any atom is 2.00 e. The smallest absolute Gasteiger partial charge is 0.214 e. The van der Waals surface area contributed by atoms with Gasteiger partial charge in [0.15, 0.2) is 0 Å². The minimum Gasteiger partial charge on any atom is -0.214 e. The molecule has 0 heterocycles. The molecule has 0 bridgehead atoms. The van der Waals surface area contributed by atoms with E-state index in [1.165, 1.54) is 77.0 Å². The summed E-state index contributed by atoms with van der Waals surface area (Å²) in [5, 5.41) is 1.93. The monoisotopic (exact) mass is 664 g/mol. The van der Waals surface area contributed by atoms with E-state index in [4.69, 9.17) is 0 Å². The van der Waals surface area contributed by atoms with Crippen LogP contribution in [0.3, 0.4) is 0 Å². The largest absolute Gasteiger partial charge is 2.00 e. The Balaban J connectivity index is 0.000000570. The zero-order valence-corrected chi connectivity index (χ0v) is 29.1. The van der Waals surface area contributed by atoms with Crippen LogP contribution in [0.15, 0.2) is 48.5 Å². The third-order valence-corrected chi connectivity index (χ3v) is 17.9. The van der Waals surface area contributed by atoms with E-state index in [1.807, 2.05) is 41.2 Å². The van der Waals surface area contributed by atoms with Crippen LogP contribution in [0.25, 0.3) is 0 Å². The molecule has 0 unspecified atom stereocenters. The molecule has 226 valence electrons. The van der Waals surface area contributed by atoms with Gasteiger partial charge < -0.3 is 0 Å². The van der Waals surface area contributed by atoms with Crippen molar-refractivity contribution >= 4 is 21.1 Å². The third-order valence-electron chi connectivity index (χ3n) is 10.5. The summed E-state index contributed by atoms with van der Waals surface area (Å²) in [6.45, 7) is 2.73. The molecular weight excluding hydrogens is 609 g/mol. The quantitative estimate of drug-likeness (QED) is 0.157. The molecular formula is C36H56FeNiP2+2. The maximum absolute atomic E-state index is 2.73. The molecule has 4 fully saturated rings. The Kier molecular flexibility index (Phi) is 16.7. The zero-order chi connectivity index (χ0) is 26.0. The molecule has 4 heteroatoms. The van der Waals surface area contributed by atoms with Gasteiger partial charge in [-0.05, 0) is 79.7 Å². The zero-order valence-electron chi connectivity index (χ0n) is 25.2. The minimum atomic E-state index is 0. The number of hydrogen-bond acceptors (Lipinski definition) is 0. The predicted octanol–water partition coefficient (Wildman–Crippen LogP) is 11.8. The molecule has 2 aromatic rings. The van der Waals surface area contributed by atoms with Crippen LogP contribution < -0.4 is 5.30 Å². The Labute approximate surface area is 271 Å². The van der Waals surface area contributed by atoms with Crippen molar-refractivity contribution < 1.29 is 33.6 Å². The van der Waals surface area contributed by atoms with Crippen LogP contribution in [0.1, 0.15) is 147 Å². The first-order valence-electron chi connectivity index (χ1n) is 16.8. The molecule has 0 radical (unpaired) electrons. The summed E-state index contributed by atoms with van der Waals surface area (Å²) < 4.78 is 0. The summed E-state index contributed by atoms with van der Waals surface area (Å²) in [4.78, 5) is 0. The fourth-order valence-corrected chi connectivity index (χ4v) is 17.1. The molecule has 6 rings (SSSR count). The van der Waals surface area contributed by atoms with Gasteiger partial charge in [-0.2, -0.15) is 24.3 Å². The van der Waals surface area contributed by atoms with E-state index < -0.39 is 0 Å². The van der Waals surface area contributed by atoms with Gasteiger partial charge in [0.1, 0.15) is 0 Å². The fraction of sp³-hybridized carbons (Fsp3) is 0.722. The van der Waals surface area contributed by atoms with Gasteiger partial charge in [0.05, 0.1) is 0 Å². The molecule has 0 nitrogen and oxygen atoms in total. The molecule has 0 saturated heterocycles. The van der Waals surface area contributed by atoms with Gasteiger partial charge in [-0.25, -0.2) is 24.3 Å². The second-order valence-corrected chi connectivity index (χ2v) is 18.9. The van der Waals surface area contributed by atoms with E-state index >= 15 is 0 Å². The van der Waals surface area contributed by atoms with Crippen molar-refractivity contribution in [2.24, 2.45) is 0 Å². The summed E-state index contributed by atoms with van der Waals surface area (Å²) in [6, 6.07) is 17.8. The topological polar surface area (TPSA) is 0 Å². The summed E-state index contributed by atoms with van der Waals surface area (Å²) in [5.74, 6) is 0. The molecule has 0 spiro atoms. The van der Waals surface area contributed by atoms with Crippen LogP contribution in [-0.4, -0.2) is 22.6 Å². The van der Waals surface area contributed by atoms with Crippen LogP contribution in [0.5, 0.6) is 0 Å². The van der Waals surface area contributed by atoms with Gasteiger partial charge in [-0.1, -0.05) is 91.9 Å². The van der Waals surface area contributed by atoms with Crippen LogP contribution in [0.2, 0.25) is 0 Å². The average Bonchev–Trinajstić information content (AvgIpc) is 3.72. The van der Waals surface area contributed by atoms with Gasteiger partial charge in [-0.15, -0.1) is 18.8 Å². The second-order valence-electron chi connectivity index (χ2n) is 13.0. The summed E-state index contributed by atoms with van der Waals surface area (Å²) in [6.07, 6.45) is 30.6. The molecule has 4 aliphatic carbocycles. The molecule has 0 aromatic heterocycles. The van der Waals surface area contributed by atoms with Gasteiger partial charge in [0, 0.05) is 0 Å². The van der Waals surface area contributed by atoms with Crippen molar-refractivity contribution in [3.8, 4) is 0 Å². The summed E-state index contributed by atoms with van der Waals surface area (Å²) in [5.41, 5.74) is 6.96. The second kappa shape index (κ2) is 19.1. The van der Waals surface area contributed by atoms with Crippen LogP contribution in [-0.2, 0) is 33.6 Å². The first-order chi connectivity index (χ1) is 18.8. The average molecular weight is 665 g/mol. The van der Waals surface area contributed by atoms with Gasteiger partial charge >= 0.3 is 33.6 Å². The Hall–Kier alpha value is 0.573. The molecule has 0 amide bonds. The van der Waals surface area contributed by atoms with Crippen molar-refractivity contribution in [1.82, 2.24) is 0 Å². The molecule has 1 atom stereocenters. The molecule has 4 aliphatic rings. The standard InChI is InChI=1S/C31H51P2.C5H5.Fe.Ni/c1-25(32(26-15-6-2-7-16-26)27-17-8-3-9-18-27)30-23-14-24-31(30)33(28-19-10-4-11-20-28)29-21-12-5-13-22-29;1-2-4-5-3-1;;/h14,23-29H,2-13,15-22H2,1H3;1-5H;;/q2*-1;2*+2/t25-;;;/m1.../s1. The molecule has 40 heavy (non-hydrogen) atoms. The minimum absolute atomic E-state index is 0. The molecule has 0 N–H and O–H groups in total. The van der Waals surface area contributed by atoms with Crippen LogP contribution in [0.4, 0.5) is 0 Å². The SMILES string of the molecule is C[C@H]([c-]1cccc1P(C1CCCCC1)C1CCCCC1)P(C1CCCCC1)C1CCCCC1.[Fe+2].[Ni+2].c1cc[cH-]c1. The van der Waals surface area contributed by atoms with Crippen LogP contribution >= 0.6 is 15.8 Å². The van der Waals surface area contributed by atoms with Gasteiger partial charge in [0.25, 0.3) is 0 Å². The number of rotatable bonds is 7. The van der Waals surface area contributed by atoms with Gasteiger partial charge in [0.2, 0.25) is 0 Å². The Morgan fingerprint density at radius 3 is 1.40 bits per heavy atom. The van der Waals surface area contributed by atoms with E-state index in [2.05, 4.69) is 25.1 Å². The van der Waals surface area contributed by atoms with Gasteiger partial charge in [-0.3, -0.25) is 0 Å². The predicted molar refractivity (Wildman–Crippen MR) is 173 cm³/mol. The van der Waals surface area contributed by atoms with E-state index in [0.29, 0.717) is 0 Å². The summed E-state index contributed by atoms with van der Waals surface area (Å²) >= 11 is 0. The van der Waals surface area contributed by atoms with Crippen molar-refractivity contribution in [2.75, 3.05) is 0 Å². The van der Waals surface area contributed by atoms with Crippen molar-refractivity contribution in [1.29, 1.82) is 0 Å². The van der Waals surface area contributed by atoms with E-state index in [9.17, 15) is 0 Å². The summed E-state index contributed by atoms with van der Waals surface area (Å²) in [7, 11) is 0.168.